The molecule has 16 heavy (non-hydrogen) atoms. The zero-order valence-corrected chi connectivity index (χ0v) is 9.09. The van der Waals surface area contributed by atoms with E-state index in [-0.39, 0.29) is 5.91 Å². The second kappa shape index (κ2) is 5.04. The molecule has 88 valence electrons. The first-order valence-corrected chi connectivity index (χ1v) is 5.38. The van der Waals surface area contributed by atoms with Crippen molar-refractivity contribution in [3.05, 3.63) is 12.2 Å². The lowest BCUT2D eigenvalue weighted by molar-refractivity contribution is -0.121. The van der Waals surface area contributed by atoms with Crippen molar-refractivity contribution in [2.45, 2.75) is 25.9 Å². The number of rotatable bonds is 4. The van der Waals surface area contributed by atoms with Crippen LogP contribution in [0.4, 0.5) is 0 Å². The zero-order valence-electron chi connectivity index (χ0n) is 9.09. The van der Waals surface area contributed by atoms with Gasteiger partial charge in [0.25, 0.3) is 0 Å². The fourth-order valence-electron chi connectivity index (χ4n) is 1.84. The molecule has 0 atom stereocenters. The van der Waals surface area contributed by atoms with Crippen molar-refractivity contribution in [2.75, 3.05) is 13.1 Å². The lowest BCUT2D eigenvalue weighted by Gasteiger charge is -2.26. The van der Waals surface area contributed by atoms with Crippen LogP contribution < -0.4 is 11.3 Å². The molecule has 1 aromatic heterocycles. The van der Waals surface area contributed by atoms with E-state index in [1.54, 1.807) is 6.33 Å². The van der Waals surface area contributed by atoms with Gasteiger partial charge in [-0.05, 0) is 13.0 Å². The Labute approximate surface area is 93.6 Å². The highest BCUT2D eigenvalue weighted by atomic mass is 16.2. The summed E-state index contributed by atoms with van der Waals surface area (Å²) in [6, 6.07) is 0. The quantitative estimate of drug-likeness (QED) is 0.383. The number of hydrogen-bond acceptors (Lipinski definition) is 5. The molecule has 2 rings (SSSR count). The van der Waals surface area contributed by atoms with Gasteiger partial charge in [-0.25, -0.2) is 5.84 Å². The van der Waals surface area contributed by atoms with Crippen LogP contribution in [0.2, 0.25) is 0 Å². The third-order valence-electron chi connectivity index (χ3n) is 2.76. The molecule has 7 heteroatoms. The minimum Gasteiger partial charge on any atom is -0.315 e. The predicted molar refractivity (Wildman–Crippen MR) is 56.9 cm³/mol. The summed E-state index contributed by atoms with van der Waals surface area (Å²) in [6.45, 7) is 3.60. The fraction of sp³-hybridized carbons (Fsp3) is 0.667. The molecular weight excluding hydrogens is 208 g/mol. The van der Waals surface area contributed by atoms with Gasteiger partial charge in [0.05, 0.1) is 6.54 Å². The van der Waals surface area contributed by atoms with Crippen molar-refractivity contribution < 1.29 is 4.79 Å². The van der Waals surface area contributed by atoms with Crippen LogP contribution in [0.5, 0.6) is 0 Å². The number of aromatic nitrogens is 3. The summed E-state index contributed by atoms with van der Waals surface area (Å²) in [4.78, 5) is 13.2. The van der Waals surface area contributed by atoms with Gasteiger partial charge in [-0.1, -0.05) is 0 Å². The Morgan fingerprint density at radius 1 is 1.56 bits per heavy atom. The van der Waals surface area contributed by atoms with E-state index in [0.717, 1.165) is 38.4 Å². The molecule has 3 N–H and O–H groups in total. The van der Waals surface area contributed by atoms with Crippen LogP contribution in [0, 0.1) is 0 Å². The van der Waals surface area contributed by atoms with Gasteiger partial charge in [0.15, 0.2) is 0 Å². The largest absolute Gasteiger partial charge is 0.315 e. The third-order valence-corrected chi connectivity index (χ3v) is 2.76. The van der Waals surface area contributed by atoms with Crippen molar-refractivity contribution in [1.82, 2.24) is 25.1 Å². The molecule has 0 fully saturated rings. The number of amides is 1. The summed E-state index contributed by atoms with van der Waals surface area (Å²) in [5, 5.41) is 7.90. The summed E-state index contributed by atoms with van der Waals surface area (Å²) in [7, 11) is 0. The number of nitrogens with zero attached hydrogens (tertiary/aromatic N) is 4. The van der Waals surface area contributed by atoms with E-state index in [9.17, 15) is 4.79 Å². The Morgan fingerprint density at radius 2 is 2.44 bits per heavy atom. The summed E-state index contributed by atoms with van der Waals surface area (Å²) < 4.78 is 2.06. The minimum absolute atomic E-state index is 0.111. The number of nitrogens with two attached hydrogens (primary N) is 1. The fourth-order valence-corrected chi connectivity index (χ4v) is 1.84. The van der Waals surface area contributed by atoms with Crippen LogP contribution in [0.25, 0.3) is 0 Å². The van der Waals surface area contributed by atoms with Crippen molar-refractivity contribution in [1.29, 1.82) is 0 Å². The lowest BCUT2D eigenvalue weighted by Crippen LogP contribution is -2.35. The molecule has 7 nitrogen and oxygen atoms in total. The zero-order chi connectivity index (χ0) is 11.4. The summed E-state index contributed by atoms with van der Waals surface area (Å²) in [5.74, 6) is 5.89. The van der Waals surface area contributed by atoms with E-state index in [1.807, 2.05) is 0 Å². The average molecular weight is 224 g/mol. The topological polar surface area (TPSA) is 89.1 Å². The Hall–Kier alpha value is -1.47. The van der Waals surface area contributed by atoms with Gasteiger partial charge in [0.1, 0.15) is 12.2 Å². The first-order chi connectivity index (χ1) is 7.79. The van der Waals surface area contributed by atoms with Crippen LogP contribution >= 0.6 is 0 Å². The molecule has 0 radical (unpaired) electrons. The van der Waals surface area contributed by atoms with Crippen molar-refractivity contribution in [3.8, 4) is 0 Å². The van der Waals surface area contributed by atoms with Crippen LogP contribution in [0.3, 0.4) is 0 Å². The summed E-state index contributed by atoms with van der Waals surface area (Å²) in [6.07, 6.45) is 3.05. The Balaban J connectivity index is 1.75. The van der Waals surface area contributed by atoms with Crippen LogP contribution in [0.1, 0.15) is 18.7 Å². The number of fused-ring (bicyclic) bond motifs is 1. The molecule has 0 aromatic carbocycles. The predicted octanol–water partition coefficient (Wildman–Crippen LogP) is -1.14. The molecule has 0 bridgehead atoms. The Morgan fingerprint density at radius 3 is 3.25 bits per heavy atom. The molecular formula is C9H16N6O. The van der Waals surface area contributed by atoms with Crippen LogP contribution in [-0.2, 0) is 17.9 Å². The smallest absolute Gasteiger partial charge is 0.233 e. The van der Waals surface area contributed by atoms with Crippen LogP contribution in [0.15, 0.2) is 6.33 Å². The number of carbonyl (C=O) groups is 1. The van der Waals surface area contributed by atoms with E-state index in [2.05, 4.69) is 25.1 Å². The van der Waals surface area contributed by atoms with Gasteiger partial charge < -0.3 is 4.57 Å². The Kier molecular flexibility index (Phi) is 3.47. The molecule has 1 aliphatic rings. The van der Waals surface area contributed by atoms with Crippen molar-refractivity contribution in [2.24, 2.45) is 5.84 Å². The molecule has 2 heterocycles. The van der Waals surface area contributed by atoms with E-state index in [1.165, 1.54) is 0 Å². The number of hydrazine groups is 1. The maximum atomic E-state index is 10.9. The molecule has 0 saturated heterocycles. The highest BCUT2D eigenvalue weighted by Crippen LogP contribution is 2.09. The number of nitrogens with one attached hydrogen (secondary N) is 1. The molecule has 1 aliphatic heterocycles. The summed E-state index contributed by atoms with van der Waals surface area (Å²) >= 11 is 0. The van der Waals surface area contributed by atoms with Gasteiger partial charge in [-0.2, -0.15) is 0 Å². The van der Waals surface area contributed by atoms with E-state index in [4.69, 9.17) is 5.84 Å². The number of hydrogen-bond donors (Lipinski definition) is 2. The number of carbonyl (C=O) groups excluding carboxylic acids is 1. The molecule has 0 aliphatic carbocycles. The van der Waals surface area contributed by atoms with Gasteiger partial charge in [0.2, 0.25) is 5.91 Å². The maximum absolute atomic E-state index is 10.9. The lowest BCUT2D eigenvalue weighted by atomic mass is 10.2. The van der Waals surface area contributed by atoms with Crippen LogP contribution in [-0.4, -0.2) is 38.7 Å². The molecule has 1 amide bonds. The average Bonchev–Trinajstić information content (AvgIpc) is 2.76. The monoisotopic (exact) mass is 224 g/mol. The van der Waals surface area contributed by atoms with Gasteiger partial charge in [-0.3, -0.25) is 15.1 Å². The van der Waals surface area contributed by atoms with E-state index in [0.29, 0.717) is 6.42 Å². The summed E-state index contributed by atoms with van der Waals surface area (Å²) in [5.41, 5.74) is 2.13. The molecule has 1 aromatic rings. The highest BCUT2D eigenvalue weighted by Gasteiger charge is 2.16. The standard InChI is InChI=1S/C9H16N6O/c10-12-9(16)2-1-3-14-4-5-15-7-11-13-8(15)6-14/h7H,1-6,10H2,(H,12,16). The second-order valence-electron chi connectivity index (χ2n) is 3.89. The van der Waals surface area contributed by atoms with Crippen molar-refractivity contribution >= 4 is 5.91 Å². The third kappa shape index (κ3) is 2.56. The normalized spacial score (nSPS) is 15.8. The second-order valence-corrected chi connectivity index (χ2v) is 3.89. The molecule has 0 spiro atoms. The van der Waals surface area contributed by atoms with Gasteiger partial charge >= 0.3 is 0 Å². The van der Waals surface area contributed by atoms with Crippen molar-refractivity contribution in [3.63, 3.8) is 0 Å². The first-order valence-electron chi connectivity index (χ1n) is 5.38. The van der Waals surface area contributed by atoms with E-state index >= 15 is 0 Å². The SMILES string of the molecule is NNC(=O)CCCN1CCn2cnnc2C1. The minimum atomic E-state index is -0.111. The molecule has 0 unspecified atom stereocenters. The highest BCUT2D eigenvalue weighted by molar-refractivity contribution is 5.75. The van der Waals surface area contributed by atoms with Gasteiger partial charge in [-0.15, -0.1) is 10.2 Å². The first kappa shape index (κ1) is 11.0. The van der Waals surface area contributed by atoms with Gasteiger partial charge in [0, 0.05) is 19.5 Å². The maximum Gasteiger partial charge on any atom is 0.233 e. The Bertz CT molecular complexity index is 363. The van der Waals surface area contributed by atoms with E-state index < -0.39 is 0 Å². The molecule has 0 saturated carbocycles.